The molecule has 1 atom stereocenters. The van der Waals surface area contributed by atoms with E-state index in [1.807, 2.05) is 0 Å². The average Bonchev–Trinajstić information content (AvgIpc) is 2.55. The number of unbranched alkanes of at least 4 members (excludes halogenated alkanes) is 5. The standard InChI is InChI=1S/C18H39NO3/c1-6-8-9-10-11-12-14-17(15-13-16-19-7-2)18(20-3,21-4)22-5/h17,19H,6-16H2,1-5H3. The molecule has 0 fully saturated rings. The van der Waals surface area contributed by atoms with Gasteiger partial charge in [0.1, 0.15) is 0 Å². The van der Waals surface area contributed by atoms with Crippen molar-refractivity contribution in [2.75, 3.05) is 34.4 Å². The largest absolute Gasteiger partial charge is 0.331 e. The summed E-state index contributed by atoms with van der Waals surface area (Å²) < 4.78 is 16.8. The molecule has 1 unspecified atom stereocenters. The first-order valence-corrected chi connectivity index (χ1v) is 9.06. The molecule has 0 amide bonds. The van der Waals surface area contributed by atoms with E-state index in [1.165, 1.54) is 38.5 Å². The van der Waals surface area contributed by atoms with Gasteiger partial charge in [0.25, 0.3) is 5.97 Å². The molecule has 134 valence electrons. The van der Waals surface area contributed by atoms with Gasteiger partial charge in [-0.05, 0) is 32.4 Å². The molecule has 0 heterocycles. The third kappa shape index (κ3) is 8.47. The van der Waals surface area contributed by atoms with Gasteiger partial charge in [0.2, 0.25) is 0 Å². The lowest BCUT2D eigenvalue weighted by molar-refractivity contribution is -0.380. The molecule has 0 aromatic heterocycles. The summed E-state index contributed by atoms with van der Waals surface area (Å²) in [4.78, 5) is 0. The zero-order valence-corrected chi connectivity index (χ0v) is 15.6. The molecule has 0 radical (unpaired) electrons. The number of methoxy groups -OCH3 is 3. The van der Waals surface area contributed by atoms with Gasteiger partial charge >= 0.3 is 0 Å². The average molecular weight is 318 g/mol. The predicted octanol–water partition coefficient (Wildman–Crippen LogP) is 4.34. The molecule has 0 aliphatic carbocycles. The van der Waals surface area contributed by atoms with Crippen LogP contribution in [0.1, 0.15) is 71.6 Å². The van der Waals surface area contributed by atoms with Crippen LogP contribution < -0.4 is 5.32 Å². The van der Waals surface area contributed by atoms with Crippen LogP contribution in [0.2, 0.25) is 0 Å². The van der Waals surface area contributed by atoms with E-state index in [1.54, 1.807) is 21.3 Å². The van der Waals surface area contributed by atoms with Crippen molar-refractivity contribution < 1.29 is 14.2 Å². The number of nitrogens with one attached hydrogen (secondary N) is 1. The van der Waals surface area contributed by atoms with Crippen molar-refractivity contribution >= 4 is 0 Å². The van der Waals surface area contributed by atoms with Crippen molar-refractivity contribution in [1.29, 1.82) is 0 Å². The SMILES string of the molecule is CCCCCCCCC(CCCNCC)C(OC)(OC)OC. The van der Waals surface area contributed by atoms with E-state index in [-0.39, 0.29) is 5.92 Å². The van der Waals surface area contributed by atoms with Crippen LogP contribution in [-0.2, 0) is 14.2 Å². The van der Waals surface area contributed by atoms with E-state index in [2.05, 4.69) is 19.2 Å². The van der Waals surface area contributed by atoms with Crippen molar-refractivity contribution in [1.82, 2.24) is 5.32 Å². The highest BCUT2D eigenvalue weighted by Crippen LogP contribution is 2.32. The minimum absolute atomic E-state index is 0.275. The van der Waals surface area contributed by atoms with Gasteiger partial charge in [0.15, 0.2) is 0 Å². The van der Waals surface area contributed by atoms with Crippen LogP contribution >= 0.6 is 0 Å². The third-order valence-electron chi connectivity index (χ3n) is 4.42. The normalized spacial score (nSPS) is 13.5. The molecule has 22 heavy (non-hydrogen) atoms. The number of ether oxygens (including phenoxy) is 3. The van der Waals surface area contributed by atoms with E-state index in [4.69, 9.17) is 14.2 Å². The fourth-order valence-corrected chi connectivity index (χ4v) is 3.07. The highest BCUT2D eigenvalue weighted by molar-refractivity contribution is 4.72. The summed E-state index contributed by atoms with van der Waals surface area (Å²) in [6.07, 6.45) is 11.1. The Labute approximate surface area is 138 Å². The van der Waals surface area contributed by atoms with Gasteiger partial charge in [-0.2, -0.15) is 0 Å². The first kappa shape index (κ1) is 21.8. The third-order valence-corrected chi connectivity index (χ3v) is 4.42. The summed E-state index contributed by atoms with van der Waals surface area (Å²) in [6, 6.07) is 0. The summed E-state index contributed by atoms with van der Waals surface area (Å²) in [5.74, 6) is -0.618. The van der Waals surface area contributed by atoms with Gasteiger partial charge < -0.3 is 19.5 Å². The van der Waals surface area contributed by atoms with Crippen LogP contribution in [0, 0.1) is 5.92 Å². The lowest BCUT2D eigenvalue weighted by Crippen LogP contribution is -2.44. The Kier molecular flexibility index (Phi) is 14.3. The van der Waals surface area contributed by atoms with Gasteiger partial charge in [-0.25, -0.2) is 0 Å². The molecule has 0 saturated heterocycles. The van der Waals surface area contributed by atoms with Crippen LogP contribution in [-0.4, -0.2) is 40.4 Å². The predicted molar refractivity (Wildman–Crippen MR) is 93.0 cm³/mol. The fourth-order valence-electron chi connectivity index (χ4n) is 3.07. The number of hydrogen-bond donors (Lipinski definition) is 1. The minimum Gasteiger partial charge on any atom is -0.331 e. The summed E-state index contributed by atoms with van der Waals surface area (Å²) in [7, 11) is 5.02. The molecular weight excluding hydrogens is 278 g/mol. The first-order chi connectivity index (χ1) is 10.7. The molecule has 0 saturated carbocycles. The molecule has 0 aliphatic heterocycles. The quantitative estimate of drug-likeness (QED) is 0.340. The van der Waals surface area contributed by atoms with E-state index in [9.17, 15) is 0 Å². The Morgan fingerprint density at radius 3 is 1.86 bits per heavy atom. The Bertz CT molecular complexity index is 224. The Morgan fingerprint density at radius 2 is 1.32 bits per heavy atom. The van der Waals surface area contributed by atoms with Gasteiger partial charge in [-0.15, -0.1) is 0 Å². The van der Waals surface area contributed by atoms with Crippen molar-refractivity contribution in [3.63, 3.8) is 0 Å². The first-order valence-electron chi connectivity index (χ1n) is 9.06. The molecule has 0 aromatic carbocycles. The molecule has 4 nitrogen and oxygen atoms in total. The maximum Gasteiger partial charge on any atom is 0.285 e. The second-order valence-electron chi connectivity index (χ2n) is 5.97. The Balaban J connectivity index is 4.32. The zero-order chi connectivity index (χ0) is 16.7. The van der Waals surface area contributed by atoms with Crippen LogP contribution in [0.3, 0.4) is 0 Å². The maximum atomic E-state index is 5.59. The molecule has 0 rings (SSSR count). The molecular formula is C18H39NO3. The molecule has 0 bridgehead atoms. The minimum atomic E-state index is -0.893. The topological polar surface area (TPSA) is 39.7 Å². The van der Waals surface area contributed by atoms with Gasteiger partial charge in [0, 0.05) is 27.2 Å². The summed E-state index contributed by atoms with van der Waals surface area (Å²) in [6.45, 7) is 6.45. The van der Waals surface area contributed by atoms with E-state index in [0.717, 1.165) is 32.4 Å². The molecule has 4 heteroatoms. The van der Waals surface area contributed by atoms with E-state index < -0.39 is 5.97 Å². The van der Waals surface area contributed by atoms with E-state index in [0.29, 0.717) is 0 Å². The van der Waals surface area contributed by atoms with Crippen LogP contribution in [0.4, 0.5) is 0 Å². The van der Waals surface area contributed by atoms with Crippen LogP contribution in [0.5, 0.6) is 0 Å². The van der Waals surface area contributed by atoms with Crippen molar-refractivity contribution in [2.45, 2.75) is 77.6 Å². The highest BCUT2D eigenvalue weighted by atomic mass is 16.9. The van der Waals surface area contributed by atoms with Crippen molar-refractivity contribution in [2.24, 2.45) is 5.92 Å². The van der Waals surface area contributed by atoms with Crippen molar-refractivity contribution in [3.8, 4) is 0 Å². The zero-order valence-electron chi connectivity index (χ0n) is 15.6. The summed E-state index contributed by atoms with van der Waals surface area (Å²) >= 11 is 0. The van der Waals surface area contributed by atoms with E-state index >= 15 is 0 Å². The molecule has 0 aromatic rings. The van der Waals surface area contributed by atoms with Crippen LogP contribution in [0.15, 0.2) is 0 Å². The van der Waals surface area contributed by atoms with Gasteiger partial charge in [-0.1, -0.05) is 52.4 Å². The lowest BCUT2D eigenvalue weighted by atomic mass is 9.93. The summed E-state index contributed by atoms with van der Waals surface area (Å²) in [5.41, 5.74) is 0. The van der Waals surface area contributed by atoms with Gasteiger partial charge in [-0.3, -0.25) is 0 Å². The Hall–Kier alpha value is -0.160. The summed E-state index contributed by atoms with van der Waals surface area (Å²) in [5, 5.41) is 3.38. The highest BCUT2D eigenvalue weighted by Gasteiger charge is 2.39. The number of hydrogen-bond acceptors (Lipinski definition) is 4. The molecule has 0 spiro atoms. The maximum absolute atomic E-state index is 5.59. The smallest absolute Gasteiger partial charge is 0.285 e. The van der Waals surface area contributed by atoms with Gasteiger partial charge in [0.05, 0.1) is 0 Å². The molecule has 0 aliphatic rings. The Morgan fingerprint density at radius 1 is 0.773 bits per heavy atom. The monoisotopic (exact) mass is 317 g/mol. The fraction of sp³-hybridized carbons (Fsp3) is 1.00. The lowest BCUT2D eigenvalue weighted by Gasteiger charge is -2.36. The second-order valence-corrected chi connectivity index (χ2v) is 5.97. The molecule has 1 N–H and O–H groups in total. The second kappa shape index (κ2) is 14.4. The number of rotatable bonds is 16. The van der Waals surface area contributed by atoms with Crippen LogP contribution in [0.25, 0.3) is 0 Å². The van der Waals surface area contributed by atoms with Crippen molar-refractivity contribution in [3.05, 3.63) is 0 Å².